The first-order chi connectivity index (χ1) is 12.1. The average molecular weight is 364 g/mol. The van der Waals surface area contributed by atoms with Crippen molar-refractivity contribution < 1.29 is 9.59 Å². The van der Waals surface area contributed by atoms with E-state index in [-0.39, 0.29) is 24.4 Å². The number of amides is 2. The molecule has 2 fully saturated rings. The molecule has 0 spiro atoms. The topological polar surface area (TPSA) is 52.7 Å². The monoisotopic (exact) mass is 363 g/mol. The van der Waals surface area contributed by atoms with Gasteiger partial charge in [-0.15, -0.1) is 0 Å². The molecule has 3 rings (SSSR count). The van der Waals surface area contributed by atoms with Gasteiger partial charge in [-0.3, -0.25) is 14.5 Å². The van der Waals surface area contributed by atoms with Gasteiger partial charge in [0.1, 0.15) is 0 Å². The van der Waals surface area contributed by atoms with Crippen LogP contribution < -0.4 is 5.32 Å². The summed E-state index contributed by atoms with van der Waals surface area (Å²) in [6, 6.07) is 7.32. The summed E-state index contributed by atoms with van der Waals surface area (Å²) >= 11 is 5.87. The van der Waals surface area contributed by atoms with E-state index in [4.69, 9.17) is 11.6 Å². The molecule has 1 unspecified atom stereocenters. The highest BCUT2D eigenvalue weighted by Crippen LogP contribution is 2.21. The van der Waals surface area contributed by atoms with Gasteiger partial charge in [0.25, 0.3) is 0 Å². The van der Waals surface area contributed by atoms with Crippen LogP contribution in [0.2, 0.25) is 5.02 Å². The van der Waals surface area contributed by atoms with E-state index < -0.39 is 0 Å². The standard InChI is InChI=1S/C19H26ClN3O2/c20-16-8-6-15(7-9-16)13-21-18(24)14-23-12-2-1-5-17(23)19(25)22-10-3-4-11-22/h6-9,17H,1-5,10-14H2,(H,21,24). The molecule has 1 aromatic rings. The molecule has 2 aliphatic heterocycles. The molecular weight excluding hydrogens is 338 g/mol. The van der Waals surface area contributed by atoms with Crippen LogP contribution >= 0.6 is 11.6 Å². The second kappa shape index (κ2) is 8.68. The Hall–Kier alpha value is -1.59. The molecule has 2 aliphatic rings. The first-order valence-electron chi connectivity index (χ1n) is 9.17. The van der Waals surface area contributed by atoms with Crippen LogP contribution in [0.3, 0.4) is 0 Å². The minimum absolute atomic E-state index is 0.0314. The van der Waals surface area contributed by atoms with Crippen molar-refractivity contribution in [2.24, 2.45) is 0 Å². The van der Waals surface area contributed by atoms with Gasteiger partial charge in [-0.25, -0.2) is 0 Å². The molecule has 1 atom stereocenters. The summed E-state index contributed by atoms with van der Waals surface area (Å²) in [5.74, 6) is 0.179. The van der Waals surface area contributed by atoms with Crippen molar-refractivity contribution in [3.05, 3.63) is 34.9 Å². The zero-order valence-electron chi connectivity index (χ0n) is 14.5. The minimum Gasteiger partial charge on any atom is -0.351 e. The Morgan fingerprint density at radius 3 is 2.44 bits per heavy atom. The van der Waals surface area contributed by atoms with Crippen LogP contribution in [-0.4, -0.2) is 53.8 Å². The Bertz CT molecular complexity index is 599. The van der Waals surface area contributed by atoms with E-state index in [9.17, 15) is 9.59 Å². The number of halogens is 1. The Labute approximate surface area is 154 Å². The molecule has 136 valence electrons. The van der Waals surface area contributed by atoms with Gasteiger partial charge in [-0.2, -0.15) is 0 Å². The van der Waals surface area contributed by atoms with Crippen LogP contribution in [-0.2, 0) is 16.1 Å². The lowest BCUT2D eigenvalue weighted by Crippen LogP contribution is -2.52. The summed E-state index contributed by atoms with van der Waals surface area (Å²) in [4.78, 5) is 29.1. The number of rotatable bonds is 5. The second-order valence-electron chi connectivity index (χ2n) is 6.92. The van der Waals surface area contributed by atoms with Gasteiger partial charge in [-0.1, -0.05) is 30.2 Å². The van der Waals surface area contributed by atoms with Crippen molar-refractivity contribution >= 4 is 23.4 Å². The quantitative estimate of drug-likeness (QED) is 0.874. The summed E-state index contributed by atoms with van der Waals surface area (Å²) in [6.07, 6.45) is 5.17. The lowest BCUT2D eigenvalue weighted by Gasteiger charge is -2.36. The first-order valence-corrected chi connectivity index (χ1v) is 9.55. The van der Waals surface area contributed by atoms with E-state index in [0.29, 0.717) is 11.6 Å². The van der Waals surface area contributed by atoms with Crippen molar-refractivity contribution in [1.29, 1.82) is 0 Å². The number of nitrogens with one attached hydrogen (secondary N) is 1. The van der Waals surface area contributed by atoms with E-state index >= 15 is 0 Å². The highest BCUT2D eigenvalue weighted by Gasteiger charge is 2.33. The summed E-state index contributed by atoms with van der Waals surface area (Å²) in [7, 11) is 0. The van der Waals surface area contributed by atoms with Crippen molar-refractivity contribution in [3.63, 3.8) is 0 Å². The van der Waals surface area contributed by atoms with E-state index in [0.717, 1.165) is 57.3 Å². The zero-order valence-corrected chi connectivity index (χ0v) is 15.3. The summed E-state index contributed by atoms with van der Waals surface area (Å²) in [5.41, 5.74) is 1.01. The summed E-state index contributed by atoms with van der Waals surface area (Å²) in [6.45, 7) is 3.32. The number of hydrogen-bond acceptors (Lipinski definition) is 3. The highest BCUT2D eigenvalue weighted by molar-refractivity contribution is 6.30. The van der Waals surface area contributed by atoms with Gasteiger partial charge < -0.3 is 10.2 Å². The van der Waals surface area contributed by atoms with Crippen LogP contribution in [0.15, 0.2) is 24.3 Å². The van der Waals surface area contributed by atoms with Crippen LogP contribution in [0.4, 0.5) is 0 Å². The number of piperidine rings is 1. The fraction of sp³-hybridized carbons (Fsp3) is 0.579. The highest BCUT2D eigenvalue weighted by atomic mass is 35.5. The van der Waals surface area contributed by atoms with Crippen LogP contribution in [0.25, 0.3) is 0 Å². The van der Waals surface area contributed by atoms with E-state index in [1.54, 1.807) is 0 Å². The van der Waals surface area contributed by atoms with E-state index in [1.807, 2.05) is 29.2 Å². The Morgan fingerprint density at radius 1 is 1.04 bits per heavy atom. The maximum atomic E-state index is 12.7. The maximum absolute atomic E-state index is 12.7. The first kappa shape index (κ1) is 18.2. The molecule has 0 saturated carbocycles. The molecule has 5 nitrogen and oxygen atoms in total. The molecule has 1 N–H and O–H groups in total. The average Bonchev–Trinajstić information content (AvgIpc) is 3.16. The number of carbonyl (C=O) groups excluding carboxylic acids is 2. The molecule has 0 bridgehead atoms. The molecule has 2 saturated heterocycles. The SMILES string of the molecule is O=C(CN1CCCCC1C(=O)N1CCCC1)NCc1ccc(Cl)cc1. The summed E-state index contributed by atoms with van der Waals surface area (Å²) < 4.78 is 0. The van der Waals surface area contributed by atoms with Gasteiger partial charge in [0.2, 0.25) is 11.8 Å². The largest absolute Gasteiger partial charge is 0.351 e. The lowest BCUT2D eigenvalue weighted by atomic mass is 10.0. The number of likely N-dealkylation sites (tertiary alicyclic amines) is 2. The van der Waals surface area contributed by atoms with Gasteiger partial charge in [0, 0.05) is 24.7 Å². The van der Waals surface area contributed by atoms with E-state index in [1.165, 1.54) is 0 Å². The smallest absolute Gasteiger partial charge is 0.239 e. The molecule has 0 radical (unpaired) electrons. The fourth-order valence-corrected chi connectivity index (χ4v) is 3.78. The Kier molecular flexibility index (Phi) is 6.32. The fourth-order valence-electron chi connectivity index (χ4n) is 3.65. The molecule has 0 aliphatic carbocycles. The lowest BCUT2D eigenvalue weighted by molar-refractivity contribution is -0.138. The predicted octanol–water partition coefficient (Wildman–Crippen LogP) is 2.43. The number of nitrogens with zero attached hydrogens (tertiary/aromatic N) is 2. The Morgan fingerprint density at radius 2 is 1.72 bits per heavy atom. The van der Waals surface area contributed by atoms with Gasteiger partial charge in [0.15, 0.2) is 0 Å². The minimum atomic E-state index is -0.131. The number of carbonyl (C=O) groups is 2. The van der Waals surface area contributed by atoms with Gasteiger partial charge >= 0.3 is 0 Å². The Balaban J connectivity index is 1.52. The molecule has 25 heavy (non-hydrogen) atoms. The van der Waals surface area contributed by atoms with E-state index in [2.05, 4.69) is 10.2 Å². The molecule has 1 aromatic carbocycles. The zero-order chi connectivity index (χ0) is 17.6. The summed E-state index contributed by atoms with van der Waals surface area (Å²) in [5, 5.41) is 3.63. The van der Waals surface area contributed by atoms with Crippen LogP contribution in [0.5, 0.6) is 0 Å². The third kappa shape index (κ3) is 4.95. The van der Waals surface area contributed by atoms with Gasteiger partial charge in [0.05, 0.1) is 12.6 Å². The maximum Gasteiger partial charge on any atom is 0.239 e. The molecule has 2 amide bonds. The van der Waals surface area contributed by atoms with Crippen LogP contribution in [0, 0.1) is 0 Å². The second-order valence-corrected chi connectivity index (χ2v) is 7.35. The van der Waals surface area contributed by atoms with Crippen molar-refractivity contribution in [2.45, 2.75) is 44.7 Å². The molecule has 2 heterocycles. The molecule has 0 aromatic heterocycles. The van der Waals surface area contributed by atoms with Crippen molar-refractivity contribution in [2.75, 3.05) is 26.2 Å². The van der Waals surface area contributed by atoms with Crippen LogP contribution in [0.1, 0.15) is 37.7 Å². The van der Waals surface area contributed by atoms with Crippen molar-refractivity contribution in [1.82, 2.24) is 15.1 Å². The normalized spacial score (nSPS) is 21.3. The third-order valence-corrected chi connectivity index (χ3v) is 5.32. The van der Waals surface area contributed by atoms with Crippen molar-refractivity contribution in [3.8, 4) is 0 Å². The third-order valence-electron chi connectivity index (χ3n) is 5.07. The number of benzene rings is 1. The molecule has 6 heteroatoms. The number of hydrogen-bond donors (Lipinski definition) is 1. The molecular formula is C19H26ClN3O2. The van der Waals surface area contributed by atoms with Gasteiger partial charge in [-0.05, 0) is 49.9 Å². The predicted molar refractivity (Wildman–Crippen MR) is 98.3 cm³/mol.